The summed E-state index contributed by atoms with van der Waals surface area (Å²) in [6, 6.07) is 0. The predicted molar refractivity (Wildman–Crippen MR) is 52.7 cm³/mol. The van der Waals surface area contributed by atoms with Gasteiger partial charge in [0.1, 0.15) is 12.2 Å². The Kier molecular flexibility index (Phi) is 1.60. The topological polar surface area (TPSA) is 79.0 Å². The number of aromatic nitrogens is 3. The van der Waals surface area contributed by atoms with Crippen molar-refractivity contribution in [3.8, 4) is 0 Å². The zero-order valence-corrected chi connectivity index (χ0v) is 9.10. The van der Waals surface area contributed by atoms with E-state index in [2.05, 4.69) is 15.2 Å². The Balaban J connectivity index is 1.81. The molecular formula is C10H12N4O2. The average Bonchev–Trinajstić information content (AvgIpc) is 2.59. The van der Waals surface area contributed by atoms with Crippen LogP contribution in [0.2, 0.25) is 0 Å². The molecule has 16 heavy (non-hydrogen) atoms. The van der Waals surface area contributed by atoms with E-state index in [1.54, 1.807) is 0 Å². The molecule has 1 aromatic heterocycles. The second-order valence-electron chi connectivity index (χ2n) is 4.97. The Hall–Kier alpha value is -1.72. The van der Waals surface area contributed by atoms with Gasteiger partial charge in [-0.25, -0.2) is 4.98 Å². The highest BCUT2D eigenvalue weighted by molar-refractivity contribution is 6.10. The van der Waals surface area contributed by atoms with Crippen LogP contribution in [0.3, 0.4) is 0 Å². The van der Waals surface area contributed by atoms with Crippen LogP contribution < -0.4 is 0 Å². The lowest BCUT2D eigenvalue weighted by atomic mass is 10.1. The van der Waals surface area contributed by atoms with Gasteiger partial charge in [-0.3, -0.25) is 19.6 Å². The molecular weight excluding hydrogens is 208 g/mol. The molecule has 2 atom stereocenters. The summed E-state index contributed by atoms with van der Waals surface area (Å²) in [5.41, 5.74) is -0.147. The van der Waals surface area contributed by atoms with Crippen LogP contribution in [0, 0.1) is 17.3 Å². The Morgan fingerprint density at radius 3 is 2.50 bits per heavy atom. The molecule has 1 saturated heterocycles. The Morgan fingerprint density at radius 2 is 2.00 bits per heavy atom. The number of amides is 2. The van der Waals surface area contributed by atoms with E-state index in [9.17, 15) is 9.59 Å². The van der Waals surface area contributed by atoms with Crippen LogP contribution in [0.25, 0.3) is 0 Å². The van der Waals surface area contributed by atoms with E-state index in [0.717, 1.165) is 0 Å². The second kappa shape index (κ2) is 2.69. The quantitative estimate of drug-likeness (QED) is 0.708. The smallest absolute Gasteiger partial charge is 0.234 e. The van der Waals surface area contributed by atoms with E-state index in [1.165, 1.54) is 11.2 Å². The van der Waals surface area contributed by atoms with Crippen molar-refractivity contribution in [2.45, 2.75) is 20.4 Å². The van der Waals surface area contributed by atoms with Crippen molar-refractivity contribution in [2.75, 3.05) is 0 Å². The van der Waals surface area contributed by atoms with Gasteiger partial charge < -0.3 is 0 Å². The minimum Gasteiger partial charge on any atom is -0.274 e. The van der Waals surface area contributed by atoms with Crippen molar-refractivity contribution in [1.82, 2.24) is 20.1 Å². The van der Waals surface area contributed by atoms with Crippen LogP contribution in [0.4, 0.5) is 0 Å². The van der Waals surface area contributed by atoms with E-state index in [-0.39, 0.29) is 35.6 Å². The first-order valence-electron chi connectivity index (χ1n) is 5.23. The third kappa shape index (κ3) is 1.01. The maximum Gasteiger partial charge on any atom is 0.234 e. The Labute approximate surface area is 92.0 Å². The number of aromatic amines is 1. The lowest BCUT2D eigenvalue weighted by Gasteiger charge is -2.18. The summed E-state index contributed by atoms with van der Waals surface area (Å²) >= 11 is 0. The summed E-state index contributed by atoms with van der Waals surface area (Å²) < 4.78 is 0. The number of hydrogen-bond acceptors (Lipinski definition) is 4. The zero-order chi connectivity index (χ0) is 11.5. The summed E-state index contributed by atoms with van der Waals surface area (Å²) in [6.07, 6.45) is 1.37. The number of fused-ring (bicyclic) bond motifs is 1. The van der Waals surface area contributed by atoms with Gasteiger partial charge in [-0.15, -0.1) is 0 Å². The lowest BCUT2D eigenvalue weighted by molar-refractivity contribution is -0.143. The van der Waals surface area contributed by atoms with Crippen LogP contribution >= 0.6 is 0 Å². The summed E-state index contributed by atoms with van der Waals surface area (Å²) in [5.74, 6) is 0.152. The van der Waals surface area contributed by atoms with Gasteiger partial charge in [0, 0.05) is 0 Å². The van der Waals surface area contributed by atoms with Crippen LogP contribution in [0.5, 0.6) is 0 Å². The van der Waals surface area contributed by atoms with Crippen molar-refractivity contribution in [2.24, 2.45) is 17.3 Å². The normalized spacial score (nSPS) is 30.8. The largest absolute Gasteiger partial charge is 0.274 e. The Bertz CT molecular complexity index is 441. The van der Waals surface area contributed by atoms with Crippen LogP contribution in [-0.2, 0) is 16.1 Å². The monoisotopic (exact) mass is 220 g/mol. The number of imide groups is 1. The molecule has 6 nitrogen and oxygen atoms in total. The van der Waals surface area contributed by atoms with Gasteiger partial charge in [-0.2, -0.15) is 5.10 Å². The number of likely N-dealkylation sites (tertiary alicyclic amines) is 1. The SMILES string of the molecule is CC1(C)C2C(=O)N(Cc3ncn[nH]3)C(=O)C21. The predicted octanol–water partition coefficient (Wildman–Crippen LogP) is -0.0543. The molecule has 0 spiro atoms. The van der Waals surface area contributed by atoms with Crippen molar-refractivity contribution in [1.29, 1.82) is 0 Å². The molecule has 6 heteroatoms. The van der Waals surface area contributed by atoms with Gasteiger partial charge >= 0.3 is 0 Å². The molecule has 2 unspecified atom stereocenters. The number of carbonyl (C=O) groups excluding carboxylic acids is 2. The third-order valence-corrected chi connectivity index (χ3v) is 3.66. The third-order valence-electron chi connectivity index (χ3n) is 3.66. The van der Waals surface area contributed by atoms with Gasteiger partial charge in [0.2, 0.25) is 11.8 Å². The molecule has 2 amide bonds. The first kappa shape index (κ1) is 9.50. The number of hydrogen-bond donors (Lipinski definition) is 1. The molecule has 1 saturated carbocycles. The van der Waals surface area contributed by atoms with Gasteiger partial charge in [0.05, 0.1) is 18.4 Å². The Morgan fingerprint density at radius 1 is 1.38 bits per heavy atom. The molecule has 2 heterocycles. The molecule has 1 N–H and O–H groups in total. The minimum atomic E-state index is -0.147. The van der Waals surface area contributed by atoms with Gasteiger partial charge in [-0.1, -0.05) is 13.8 Å². The molecule has 1 aliphatic heterocycles. The van der Waals surface area contributed by atoms with Crippen molar-refractivity contribution >= 4 is 11.8 Å². The van der Waals surface area contributed by atoms with Crippen LogP contribution in [0.1, 0.15) is 19.7 Å². The number of H-pyrrole nitrogens is 1. The summed E-state index contributed by atoms with van der Waals surface area (Å²) in [4.78, 5) is 29.1. The molecule has 2 fully saturated rings. The fourth-order valence-electron chi connectivity index (χ4n) is 2.62. The summed E-state index contributed by atoms with van der Waals surface area (Å²) in [7, 11) is 0. The summed E-state index contributed by atoms with van der Waals surface area (Å²) in [6.45, 7) is 4.13. The van der Waals surface area contributed by atoms with Crippen LogP contribution in [-0.4, -0.2) is 31.9 Å². The second-order valence-corrected chi connectivity index (χ2v) is 4.97. The number of piperidine rings is 1. The fourth-order valence-corrected chi connectivity index (χ4v) is 2.62. The number of rotatable bonds is 2. The van der Waals surface area contributed by atoms with Gasteiger partial charge in [0.15, 0.2) is 0 Å². The van der Waals surface area contributed by atoms with E-state index < -0.39 is 0 Å². The standard InChI is InChI=1S/C10H12N4O2/c1-10(2)6-7(10)9(16)14(8(6)15)3-5-11-4-12-13-5/h4,6-7H,3H2,1-2H3,(H,11,12,13). The van der Waals surface area contributed by atoms with E-state index in [4.69, 9.17) is 0 Å². The number of carbonyl (C=O) groups is 2. The molecule has 1 aliphatic carbocycles. The van der Waals surface area contributed by atoms with E-state index in [0.29, 0.717) is 5.82 Å². The molecule has 1 aromatic rings. The van der Waals surface area contributed by atoms with E-state index in [1.807, 2.05) is 13.8 Å². The molecule has 2 aliphatic rings. The first-order chi connectivity index (χ1) is 7.53. The summed E-state index contributed by atoms with van der Waals surface area (Å²) in [5, 5.41) is 6.34. The molecule has 0 aromatic carbocycles. The highest BCUT2D eigenvalue weighted by Gasteiger charge is 2.72. The molecule has 84 valence electrons. The fraction of sp³-hybridized carbons (Fsp3) is 0.600. The van der Waals surface area contributed by atoms with Gasteiger partial charge in [0.25, 0.3) is 0 Å². The molecule has 0 radical (unpaired) electrons. The first-order valence-corrected chi connectivity index (χ1v) is 5.23. The highest BCUT2D eigenvalue weighted by atomic mass is 16.2. The minimum absolute atomic E-state index is 0.0728. The van der Waals surface area contributed by atoms with Crippen molar-refractivity contribution in [3.63, 3.8) is 0 Å². The van der Waals surface area contributed by atoms with Crippen molar-refractivity contribution < 1.29 is 9.59 Å². The van der Waals surface area contributed by atoms with Crippen molar-refractivity contribution in [3.05, 3.63) is 12.2 Å². The number of nitrogens with one attached hydrogen (secondary N) is 1. The molecule has 3 rings (SSSR count). The van der Waals surface area contributed by atoms with Gasteiger partial charge in [-0.05, 0) is 5.41 Å². The maximum absolute atomic E-state index is 11.9. The van der Waals surface area contributed by atoms with E-state index >= 15 is 0 Å². The average molecular weight is 220 g/mol. The highest BCUT2D eigenvalue weighted by Crippen LogP contribution is 2.63. The molecule has 0 bridgehead atoms. The van der Waals surface area contributed by atoms with Crippen LogP contribution in [0.15, 0.2) is 6.33 Å². The zero-order valence-electron chi connectivity index (χ0n) is 9.10. The number of nitrogens with zero attached hydrogens (tertiary/aromatic N) is 3. The maximum atomic E-state index is 11.9. The lowest BCUT2D eigenvalue weighted by Crippen LogP contribution is -2.36.